The van der Waals surface area contributed by atoms with Crippen LogP contribution >= 0.6 is 11.3 Å². The smallest absolute Gasteiger partial charge is 0.315 e. The second kappa shape index (κ2) is 5.89. The van der Waals surface area contributed by atoms with Crippen LogP contribution in [0.3, 0.4) is 0 Å². The second-order valence-electron chi connectivity index (χ2n) is 4.46. The highest BCUT2D eigenvalue weighted by Gasteiger charge is 2.22. The number of hydrogen-bond acceptors (Lipinski definition) is 3. The van der Waals surface area contributed by atoms with Crippen LogP contribution in [-0.4, -0.2) is 17.7 Å². The first-order chi connectivity index (χ1) is 9.06. The SMILES string of the molecule is Cc1ccc(OCC(C(=O)O)c2ccc(C)s2)cc1. The molecule has 0 aliphatic rings. The van der Waals surface area contributed by atoms with Crippen molar-refractivity contribution in [3.63, 3.8) is 0 Å². The third-order valence-corrected chi connectivity index (χ3v) is 3.95. The maximum absolute atomic E-state index is 11.3. The van der Waals surface area contributed by atoms with E-state index in [-0.39, 0.29) is 6.61 Å². The molecule has 1 aromatic carbocycles. The van der Waals surface area contributed by atoms with E-state index in [2.05, 4.69) is 0 Å². The average molecular weight is 276 g/mol. The van der Waals surface area contributed by atoms with E-state index in [0.717, 1.165) is 15.3 Å². The Hall–Kier alpha value is -1.81. The Bertz CT molecular complexity index is 557. The zero-order chi connectivity index (χ0) is 13.8. The van der Waals surface area contributed by atoms with E-state index in [0.29, 0.717) is 5.75 Å². The summed E-state index contributed by atoms with van der Waals surface area (Å²) < 4.78 is 5.57. The van der Waals surface area contributed by atoms with Gasteiger partial charge in [-0.05, 0) is 38.1 Å². The third kappa shape index (κ3) is 3.58. The highest BCUT2D eigenvalue weighted by atomic mass is 32.1. The van der Waals surface area contributed by atoms with Gasteiger partial charge < -0.3 is 9.84 Å². The maximum atomic E-state index is 11.3. The van der Waals surface area contributed by atoms with Crippen LogP contribution in [0.2, 0.25) is 0 Å². The van der Waals surface area contributed by atoms with Gasteiger partial charge in [0.1, 0.15) is 18.3 Å². The molecule has 0 aliphatic heterocycles. The Kier molecular flexibility index (Phi) is 4.22. The lowest BCUT2D eigenvalue weighted by molar-refractivity contribution is -0.139. The van der Waals surface area contributed by atoms with Crippen molar-refractivity contribution in [1.29, 1.82) is 0 Å². The van der Waals surface area contributed by atoms with E-state index in [9.17, 15) is 9.90 Å². The molecule has 1 N–H and O–H groups in total. The number of carboxylic acids is 1. The van der Waals surface area contributed by atoms with Crippen molar-refractivity contribution in [3.8, 4) is 5.75 Å². The largest absolute Gasteiger partial charge is 0.492 e. The monoisotopic (exact) mass is 276 g/mol. The molecule has 0 saturated carbocycles. The molecule has 2 rings (SSSR count). The van der Waals surface area contributed by atoms with Crippen LogP contribution < -0.4 is 4.74 Å². The lowest BCUT2D eigenvalue weighted by Crippen LogP contribution is -2.18. The normalized spacial score (nSPS) is 12.1. The fourth-order valence-electron chi connectivity index (χ4n) is 1.73. The number of thiophene rings is 1. The van der Waals surface area contributed by atoms with Crippen LogP contribution in [0.1, 0.15) is 21.2 Å². The van der Waals surface area contributed by atoms with Gasteiger partial charge in [0, 0.05) is 9.75 Å². The van der Waals surface area contributed by atoms with Gasteiger partial charge in [0.15, 0.2) is 0 Å². The lowest BCUT2D eigenvalue weighted by atomic mass is 10.1. The standard InChI is InChI=1S/C15H16O3S/c1-10-3-6-12(7-4-10)18-9-13(15(16)17)14-8-5-11(2)19-14/h3-8,13H,9H2,1-2H3,(H,16,17). The number of carboxylic acid groups (broad SMARTS) is 1. The molecule has 19 heavy (non-hydrogen) atoms. The predicted molar refractivity (Wildman–Crippen MR) is 76.1 cm³/mol. The van der Waals surface area contributed by atoms with Crippen molar-refractivity contribution in [2.24, 2.45) is 0 Å². The summed E-state index contributed by atoms with van der Waals surface area (Å²) in [6.45, 7) is 4.12. The first-order valence-corrected chi connectivity index (χ1v) is 6.86. The highest BCUT2D eigenvalue weighted by molar-refractivity contribution is 7.12. The van der Waals surface area contributed by atoms with Crippen LogP contribution in [0.5, 0.6) is 5.75 Å². The summed E-state index contributed by atoms with van der Waals surface area (Å²) in [5.41, 5.74) is 1.15. The van der Waals surface area contributed by atoms with Crippen molar-refractivity contribution in [2.45, 2.75) is 19.8 Å². The zero-order valence-electron chi connectivity index (χ0n) is 10.9. The van der Waals surface area contributed by atoms with Gasteiger partial charge in [0.05, 0.1) is 0 Å². The van der Waals surface area contributed by atoms with Crippen LogP contribution in [0, 0.1) is 13.8 Å². The molecule has 0 aliphatic carbocycles. The number of carbonyl (C=O) groups is 1. The number of aliphatic carboxylic acids is 1. The summed E-state index contributed by atoms with van der Waals surface area (Å²) in [6, 6.07) is 11.4. The molecule has 2 aromatic rings. The molecule has 0 fully saturated rings. The first kappa shape index (κ1) is 13.6. The van der Waals surface area contributed by atoms with Crippen LogP contribution in [0.4, 0.5) is 0 Å². The van der Waals surface area contributed by atoms with E-state index >= 15 is 0 Å². The summed E-state index contributed by atoms with van der Waals surface area (Å²) in [5, 5.41) is 9.28. The van der Waals surface area contributed by atoms with Crippen molar-refractivity contribution < 1.29 is 14.6 Å². The Morgan fingerprint density at radius 2 is 1.89 bits per heavy atom. The van der Waals surface area contributed by atoms with Crippen molar-refractivity contribution >= 4 is 17.3 Å². The number of ether oxygens (including phenoxy) is 1. The van der Waals surface area contributed by atoms with E-state index in [1.54, 1.807) is 0 Å². The van der Waals surface area contributed by atoms with E-state index in [4.69, 9.17) is 4.74 Å². The highest BCUT2D eigenvalue weighted by Crippen LogP contribution is 2.26. The number of benzene rings is 1. The summed E-state index contributed by atoms with van der Waals surface area (Å²) in [6.07, 6.45) is 0. The molecule has 0 radical (unpaired) electrons. The fourth-order valence-corrected chi connectivity index (χ4v) is 2.68. The molecular formula is C15H16O3S. The van der Waals surface area contributed by atoms with Crippen molar-refractivity contribution in [3.05, 3.63) is 51.7 Å². The molecule has 1 unspecified atom stereocenters. The fraction of sp³-hybridized carbons (Fsp3) is 0.267. The topological polar surface area (TPSA) is 46.5 Å². The third-order valence-electron chi connectivity index (χ3n) is 2.84. The molecule has 1 heterocycles. The molecule has 0 saturated heterocycles. The molecule has 0 amide bonds. The van der Waals surface area contributed by atoms with Crippen molar-refractivity contribution in [2.75, 3.05) is 6.61 Å². The molecule has 0 spiro atoms. The van der Waals surface area contributed by atoms with Gasteiger partial charge in [0.2, 0.25) is 0 Å². The first-order valence-electron chi connectivity index (χ1n) is 6.05. The quantitative estimate of drug-likeness (QED) is 0.907. The number of hydrogen-bond donors (Lipinski definition) is 1. The summed E-state index contributed by atoms with van der Waals surface area (Å²) in [7, 11) is 0. The van der Waals surface area contributed by atoms with Crippen molar-refractivity contribution in [1.82, 2.24) is 0 Å². The Labute approximate surface area is 116 Å². The lowest BCUT2D eigenvalue weighted by Gasteiger charge is -2.12. The summed E-state index contributed by atoms with van der Waals surface area (Å²) in [4.78, 5) is 13.2. The maximum Gasteiger partial charge on any atom is 0.315 e. The van der Waals surface area contributed by atoms with Gasteiger partial charge in [-0.2, -0.15) is 0 Å². The van der Waals surface area contributed by atoms with E-state index in [1.165, 1.54) is 11.3 Å². The second-order valence-corrected chi connectivity index (χ2v) is 5.78. The van der Waals surface area contributed by atoms with Gasteiger partial charge in [-0.15, -0.1) is 11.3 Å². The summed E-state index contributed by atoms with van der Waals surface area (Å²) in [5.74, 6) is -0.765. The van der Waals surface area contributed by atoms with E-state index < -0.39 is 11.9 Å². The van der Waals surface area contributed by atoms with Gasteiger partial charge in [-0.3, -0.25) is 4.79 Å². The predicted octanol–water partition coefficient (Wildman–Crippen LogP) is 3.61. The van der Waals surface area contributed by atoms with Gasteiger partial charge in [-0.25, -0.2) is 0 Å². The van der Waals surface area contributed by atoms with Gasteiger partial charge in [0.25, 0.3) is 0 Å². The van der Waals surface area contributed by atoms with E-state index in [1.807, 2.05) is 50.2 Å². The Balaban J connectivity index is 2.06. The van der Waals surface area contributed by atoms with Crippen LogP contribution in [0.25, 0.3) is 0 Å². The van der Waals surface area contributed by atoms with Crippen LogP contribution in [0.15, 0.2) is 36.4 Å². The summed E-state index contributed by atoms with van der Waals surface area (Å²) >= 11 is 1.50. The molecule has 0 bridgehead atoms. The average Bonchev–Trinajstić information content (AvgIpc) is 2.78. The Morgan fingerprint density at radius 3 is 2.42 bits per heavy atom. The molecule has 1 aromatic heterocycles. The molecular weight excluding hydrogens is 260 g/mol. The number of rotatable bonds is 5. The van der Waals surface area contributed by atoms with Gasteiger partial charge >= 0.3 is 5.97 Å². The molecule has 100 valence electrons. The van der Waals surface area contributed by atoms with Crippen LogP contribution in [-0.2, 0) is 4.79 Å². The minimum absolute atomic E-state index is 0.151. The molecule has 3 nitrogen and oxygen atoms in total. The minimum atomic E-state index is -0.853. The van der Waals surface area contributed by atoms with Gasteiger partial charge in [-0.1, -0.05) is 17.7 Å². The minimum Gasteiger partial charge on any atom is -0.492 e. The molecule has 4 heteroatoms. The molecule has 1 atom stereocenters. The number of aryl methyl sites for hydroxylation is 2. The Morgan fingerprint density at radius 1 is 1.21 bits per heavy atom. The zero-order valence-corrected chi connectivity index (χ0v) is 11.7.